The lowest BCUT2D eigenvalue weighted by Gasteiger charge is -2.15. The van der Waals surface area contributed by atoms with Crippen molar-refractivity contribution in [3.63, 3.8) is 0 Å². The minimum atomic E-state index is -3.69. The number of hydrogen-bond donors (Lipinski definition) is 1. The first kappa shape index (κ1) is 15.7. The number of carboxylic acid groups (broad SMARTS) is 1. The molecule has 0 radical (unpaired) electrons. The summed E-state index contributed by atoms with van der Waals surface area (Å²) in [6, 6.07) is 1.17. The Morgan fingerprint density at radius 2 is 2.16 bits per heavy atom. The lowest BCUT2D eigenvalue weighted by Crippen LogP contribution is -2.29. The normalized spacial score (nSPS) is 12.0. The number of aryl methyl sites for hydroxylation is 1. The van der Waals surface area contributed by atoms with E-state index in [1.165, 1.54) is 31.0 Å². The second kappa shape index (κ2) is 6.18. The molecule has 0 unspecified atom stereocenters. The van der Waals surface area contributed by atoms with Gasteiger partial charge in [0.05, 0.1) is 6.61 Å². The van der Waals surface area contributed by atoms with Gasteiger partial charge in [-0.05, 0) is 13.0 Å². The molecule has 0 spiro atoms. The fourth-order valence-electron chi connectivity index (χ4n) is 1.59. The highest BCUT2D eigenvalue weighted by Gasteiger charge is 2.24. The average molecular weight is 290 g/mol. The third-order valence-electron chi connectivity index (χ3n) is 2.75. The number of hydrogen-bond acceptors (Lipinski definition) is 4. The number of sulfonamides is 1. The number of nitrogens with zero attached hydrogens (tertiary/aromatic N) is 2. The molecule has 19 heavy (non-hydrogen) atoms. The van der Waals surface area contributed by atoms with Crippen molar-refractivity contribution in [3.8, 4) is 0 Å². The SMILES string of the molecule is CCn1cc(S(=O)(=O)N(C)CCOC)cc1C(=O)O. The summed E-state index contributed by atoms with van der Waals surface area (Å²) in [5.74, 6) is -1.15. The van der Waals surface area contributed by atoms with Gasteiger partial charge in [-0.2, -0.15) is 4.31 Å². The molecule has 1 aromatic heterocycles. The van der Waals surface area contributed by atoms with E-state index >= 15 is 0 Å². The van der Waals surface area contributed by atoms with E-state index in [0.717, 1.165) is 4.31 Å². The monoisotopic (exact) mass is 290 g/mol. The Bertz CT molecular complexity index is 549. The Hall–Kier alpha value is -1.38. The summed E-state index contributed by atoms with van der Waals surface area (Å²) in [5.41, 5.74) is -0.0405. The number of rotatable bonds is 7. The van der Waals surface area contributed by atoms with Gasteiger partial charge in [0.15, 0.2) is 0 Å². The van der Waals surface area contributed by atoms with Crippen LogP contribution in [0, 0.1) is 0 Å². The van der Waals surface area contributed by atoms with Gasteiger partial charge in [0.25, 0.3) is 0 Å². The number of aromatic carboxylic acids is 1. The molecule has 0 bridgehead atoms. The third kappa shape index (κ3) is 3.34. The van der Waals surface area contributed by atoms with Crippen molar-refractivity contribution < 1.29 is 23.1 Å². The molecule has 0 fully saturated rings. The minimum Gasteiger partial charge on any atom is -0.477 e. The van der Waals surface area contributed by atoms with Gasteiger partial charge in [0, 0.05) is 33.4 Å². The van der Waals surface area contributed by atoms with Crippen LogP contribution in [0.3, 0.4) is 0 Å². The number of methoxy groups -OCH3 is 1. The number of likely N-dealkylation sites (N-methyl/N-ethyl adjacent to an activating group) is 1. The second-order valence-electron chi connectivity index (χ2n) is 3.97. The highest BCUT2D eigenvalue weighted by Crippen LogP contribution is 2.18. The molecule has 1 heterocycles. The Kier molecular flexibility index (Phi) is 5.10. The standard InChI is InChI=1S/C11H18N2O5S/c1-4-13-8-9(7-10(13)11(14)15)19(16,17)12(2)5-6-18-3/h7-8H,4-6H2,1-3H3,(H,14,15). The first-order chi connectivity index (χ1) is 8.84. The first-order valence-corrected chi connectivity index (χ1v) is 7.17. The van der Waals surface area contributed by atoms with Crippen LogP contribution in [0.25, 0.3) is 0 Å². The number of carbonyl (C=O) groups is 1. The van der Waals surface area contributed by atoms with E-state index in [1.54, 1.807) is 6.92 Å². The van der Waals surface area contributed by atoms with Crippen LogP contribution >= 0.6 is 0 Å². The fourth-order valence-corrected chi connectivity index (χ4v) is 2.78. The number of aromatic nitrogens is 1. The lowest BCUT2D eigenvalue weighted by atomic mass is 10.4. The topological polar surface area (TPSA) is 88.8 Å². The van der Waals surface area contributed by atoms with Gasteiger partial charge in [0.2, 0.25) is 10.0 Å². The van der Waals surface area contributed by atoms with E-state index < -0.39 is 16.0 Å². The van der Waals surface area contributed by atoms with Crippen molar-refractivity contribution in [2.24, 2.45) is 0 Å². The molecule has 0 aromatic carbocycles. The van der Waals surface area contributed by atoms with Crippen LogP contribution in [0.2, 0.25) is 0 Å². The molecule has 0 atom stereocenters. The molecule has 0 aliphatic heterocycles. The van der Waals surface area contributed by atoms with E-state index in [1.807, 2.05) is 0 Å². The Morgan fingerprint density at radius 1 is 1.53 bits per heavy atom. The molecule has 0 amide bonds. The van der Waals surface area contributed by atoms with Crippen molar-refractivity contribution >= 4 is 16.0 Å². The van der Waals surface area contributed by atoms with Gasteiger partial charge in [-0.1, -0.05) is 0 Å². The van der Waals surface area contributed by atoms with Crippen molar-refractivity contribution in [1.82, 2.24) is 8.87 Å². The maximum atomic E-state index is 12.2. The summed E-state index contributed by atoms with van der Waals surface area (Å²) >= 11 is 0. The van der Waals surface area contributed by atoms with Gasteiger partial charge >= 0.3 is 5.97 Å². The maximum Gasteiger partial charge on any atom is 0.352 e. The first-order valence-electron chi connectivity index (χ1n) is 5.73. The van der Waals surface area contributed by atoms with Gasteiger partial charge in [0.1, 0.15) is 10.6 Å². The molecule has 1 N–H and O–H groups in total. The average Bonchev–Trinajstić information content (AvgIpc) is 2.80. The number of carboxylic acids is 1. The van der Waals surface area contributed by atoms with Crippen LogP contribution in [-0.2, 0) is 21.3 Å². The summed E-state index contributed by atoms with van der Waals surface area (Å²) < 4.78 is 31.8. The van der Waals surface area contributed by atoms with E-state index in [0.29, 0.717) is 6.54 Å². The van der Waals surface area contributed by atoms with Gasteiger partial charge in [-0.15, -0.1) is 0 Å². The molecule has 0 aliphatic rings. The van der Waals surface area contributed by atoms with Crippen molar-refractivity contribution in [2.45, 2.75) is 18.4 Å². The van der Waals surface area contributed by atoms with Gasteiger partial charge in [-0.3, -0.25) is 0 Å². The van der Waals surface area contributed by atoms with Crippen LogP contribution in [0.15, 0.2) is 17.2 Å². The van der Waals surface area contributed by atoms with E-state index in [4.69, 9.17) is 9.84 Å². The summed E-state index contributed by atoms with van der Waals surface area (Å²) in [7, 11) is -0.776. The lowest BCUT2D eigenvalue weighted by molar-refractivity contribution is 0.0685. The maximum absolute atomic E-state index is 12.2. The molecule has 8 heteroatoms. The van der Waals surface area contributed by atoms with Gasteiger partial charge in [-0.25, -0.2) is 13.2 Å². The highest BCUT2D eigenvalue weighted by atomic mass is 32.2. The smallest absolute Gasteiger partial charge is 0.352 e. The molecular weight excluding hydrogens is 272 g/mol. The summed E-state index contributed by atoms with van der Waals surface area (Å²) in [5, 5.41) is 9.01. The zero-order valence-corrected chi connectivity index (χ0v) is 12.0. The summed E-state index contributed by atoms with van der Waals surface area (Å²) in [6.45, 7) is 2.62. The molecule has 1 aromatic rings. The zero-order chi connectivity index (χ0) is 14.6. The van der Waals surface area contributed by atoms with Crippen LogP contribution in [0.5, 0.6) is 0 Å². The fraction of sp³-hybridized carbons (Fsp3) is 0.545. The van der Waals surface area contributed by atoms with Crippen molar-refractivity contribution in [3.05, 3.63) is 18.0 Å². The van der Waals surface area contributed by atoms with E-state index in [-0.39, 0.29) is 23.7 Å². The Morgan fingerprint density at radius 3 is 2.58 bits per heavy atom. The third-order valence-corrected chi connectivity index (χ3v) is 4.57. The predicted octanol–water partition coefficient (Wildman–Crippen LogP) is 0.473. The molecule has 0 saturated heterocycles. The largest absolute Gasteiger partial charge is 0.477 e. The second-order valence-corrected chi connectivity index (χ2v) is 6.02. The molecule has 0 aliphatic carbocycles. The Labute approximate surface area is 112 Å². The molecule has 7 nitrogen and oxygen atoms in total. The predicted molar refractivity (Wildman–Crippen MR) is 68.8 cm³/mol. The number of ether oxygens (including phenoxy) is 1. The van der Waals surface area contributed by atoms with Crippen molar-refractivity contribution in [2.75, 3.05) is 27.3 Å². The highest BCUT2D eigenvalue weighted by molar-refractivity contribution is 7.89. The Balaban J connectivity index is 3.11. The molecule has 0 saturated carbocycles. The van der Waals surface area contributed by atoms with Crippen LogP contribution in [0.4, 0.5) is 0 Å². The molecule has 108 valence electrons. The quantitative estimate of drug-likeness (QED) is 0.788. The molecule has 1 rings (SSSR count). The van der Waals surface area contributed by atoms with E-state index in [9.17, 15) is 13.2 Å². The molecular formula is C11H18N2O5S. The summed E-state index contributed by atoms with van der Waals surface area (Å²) in [4.78, 5) is 11.0. The summed E-state index contributed by atoms with van der Waals surface area (Å²) in [6.07, 6.45) is 1.34. The minimum absolute atomic E-state index is 0.0228. The van der Waals surface area contributed by atoms with Crippen LogP contribution in [-0.4, -0.2) is 55.7 Å². The van der Waals surface area contributed by atoms with Crippen LogP contribution in [0.1, 0.15) is 17.4 Å². The van der Waals surface area contributed by atoms with Gasteiger partial charge < -0.3 is 14.4 Å². The van der Waals surface area contributed by atoms with Crippen molar-refractivity contribution in [1.29, 1.82) is 0 Å². The van der Waals surface area contributed by atoms with E-state index in [2.05, 4.69) is 0 Å². The van der Waals surface area contributed by atoms with Crippen LogP contribution < -0.4 is 0 Å². The zero-order valence-electron chi connectivity index (χ0n) is 11.2.